The van der Waals surface area contributed by atoms with E-state index in [1.54, 1.807) is 42.7 Å². The number of carbonyl (C=O) groups is 4. The van der Waals surface area contributed by atoms with Crippen molar-refractivity contribution < 1.29 is 42.5 Å². The molecule has 6 rings (SSSR count). The number of pyridine rings is 1. The van der Waals surface area contributed by atoms with E-state index in [4.69, 9.17) is 23.4 Å². The van der Waals surface area contributed by atoms with E-state index in [9.17, 15) is 19.2 Å². The zero-order valence-electron chi connectivity index (χ0n) is 23.9. The molecule has 13 heteroatoms. The summed E-state index contributed by atoms with van der Waals surface area (Å²) in [7, 11) is 1.51. The number of hydrogen-bond acceptors (Lipinski definition) is 10. The van der Waals surface area contributed by atoms with Gasteiger partial charge in [-0.25, -0.2) is 14.5 Å². The molecular formula is C30H32N4O9. The number of esters is 1. The van der Waals surface area contributed by atoms with Crippen LogP contribution in [0.4, 0.5) is 4.79 Å². The highest BCUT2D eigenvalue weighted by molar-refractivity contribution is 6.08. The number of methoxy groups -OCH3 is 1. The molecule has 13 nitrogen and oxygen atoms in total. The molecule has 2 saturated heterocycles. The van der Waals surface area contributed by atoms with Gasteiger partial charge in [0.05, 0.1) is 20.3 Å². The summed E-state index contributed by atoms with van der Waals surface area (Å²) in [5.74, 6) is -0.936. The lowest BCUT2D eigenvalue weighted by atomic mass is 9.94. The Kier molecular flexibility index (Phi) is 7.75. The Morgan fingerprint density at radius 1 is 1.19 bits per heavy atom. The van der Waals surface area contributed by atoms with Crippen molar-refractivity contribution in [2.45, 2.75) is 50.6 Å². The number of imide groups is 1. The van der Waals surface area contributed by atoms with E-state index in [1.165, 1.54) is 18.9 Å². The maximum atomic E-state index is 14.2. The quantitative estimate of drug-likeness (QED) is 0.290. The molecule has 0 saturated carbocycles. The molecule has 2 aromatic heterocycles. The molecule has 0 aliphatic carbocycles. The van der Waals surface area contributed by atoms with Crippen LogP contribution in [0.1, 0.15) is 47.9 Å². The second-order valence-electron chi connectivity index (χ2n) is 10.8. The van der Waals surface area contributed by atoms with Crippen LogP contribution < -0.4 is 10.1 Å². The van der Waals surface area contributed by atoms with Gasteiger partial charge in [0.15, 0.2) is 5.54 Å². The minimum absolute atomic E-state index is 0.139. The molecule has 4 amide bonds. The first-order valence-electron chi connectivity index (χ1n) is 14.1. The molecule has 3 aromatic rings. The Bertz CT molecular complexity index is 1530. The van der Waals surface area contributed by atoms with Gasteiger partial charge in [0.2, 0.25) is 0 Å². The van der Waals surface area contributed by atoms with E-state index in [-0.39, 0.29) is 30.9 Å². The van der Waals surface area contributed by atoms with Crippen molar-refractivity contribution in [2.75, 3.05) is 33.5 Å². The van der Waals surface area contributed by atoms with Crippen molar-refractivity contribution in [3.05, 3.63) is 59.6 Å². The number of urea groups is 1. The van der Waals surface area contributed by atoms with Crippen molar-refractivity contribution in [2.24, 2.45) is 0 Å². The molecule has 2 unspecified atom stereocenters. The standard InChI is InChI=1S/C30H32N4O9/c1-18(41-16-26(35)42-21-4-3-10-40-11-8-21)34-28(37)30(32-29(34)38,25-12-20-14-31-9-7-24(20)43-25)17-33-15-19-5-6-22(39-2)13-23(19)27(33)36/h5-7,9,12-14,18,21H,3-4,8,10-11,15-17H2,1-2H3,(H,32,38)/t18?,21?,30-/m0/s1. The fourth-order valence-electron chi connectivity index (χ4n) is 5.73. The third-order valence-electron chi connectivity index (χ3n) is 7.99. The summed E-state index contributed by atoms with van der Waals surface area (Å²) in [6, 6.07) is 7.72. The number of nitrogens with one attached hydrogen (secondary N) is 1. The van der Waals surface area contributed by atoms with E-state index in [1.807, 2.05) is 0 Å². The highest BCUT2D eigenvalue weighted by Gasteiger charge is 2.58. The van der Waals surface area contributed by atoms with Gasteiger partial charge < -0.3 is 33.6 Å². The molecule has 0 spiro atoms. The number of furan rings is 1. The summed E-state index contributed by atoms with van der Waals surface area (Å²) >= 11 is 0. The van der Waals surface area contributed by atoms with Crippen LogP contribution in [-0.2, 0) is 35.9 Å². The summed E-state index contributed by atoms with van der Waals surface area (Å²) in [6.45, 7) is 2.17. The number of carbonyl (C=O) groups excluding carboxylic acids is 4. The van der Waals surface area contributed by atoms with Gasteiger partial charge in [-0.3, -0.25) is 14.6 Å². The van der Waals surface area contributed by atoms with Crippen LogP contribution in [0.15, 0.2) is 47.1 Å². The van der Waals surface area contributed by atoms with Crippen LogP contribution in [0.25, 0.3) is 11.0 Å². The number of amides is 4. The van der Waals surface area contributed by atoms with Gasteiger partial charge in [-0.05, 0) is 49.6 Å². The first kappa shape index (κ1) is 28.6. The van der Waals surface area contributed by atoms with Gasteiger partial charge >= 0.3 is 12.0 Å². The summed E-state index contributed by atoms with van der Waals surface area (Å²) in [5.41, 5.74) is -0.0936. The summed E-state index contributed by atoms with van der Waals surface area (Å²) in [5, 5.41) is 3.40. The molecule has 0 bridgehead atoms. The highest BCUT2D eigenvalue weighted by atomic mass is 16.6. The smallest absolute Gasteiger partial charge is 0.332 e. The Morgan fingerprint density at radius 3 is 2.86 bits per heavy atom. The molecule has 3 aliphatic heterocycles. The molecule has 0 radical (unpaired) electrons. The number of nitrogens with zero attached hydrogens (tertiary/aromatic N) is 3. The molecule has 226 valence electrons. The van der Waals surface area contributed by atoms with Crippen LogP contribution in [-0.4, -0.2) is 84.4 Å². The maximum absolute atomic E-state index is 14.2. The lowest BCUT2D eigenvalue weighted by molar-refractivity contribution is -0.162. The Hall–Kier alpha value is -4.49. The lowest BCUT2D eigenvalue weighted by Crippen LogP contribution is -2.53. The monoisotopic (exact) mass is 592 g/mol. The zero-order chi connectivity index (χ0) is 30.1. The van der Waals surface area contributed by atoms with Crippen molar-refractivity contribution in [1.29, 1.82) is 0 Å². The van der Waals surface area contributed by atoms with E-state index in [2.05, 4.69) is 10.3 Å². The predicted molar refractivity (Wildman–Crippen MR) is 149 cm³/mol. The normalized spacial score (nSPS) is 22.8. The van der Waals surface area contributed by atoms with Gasteiger partial charge in [-0.1, -0.05) is 6.07 Å². The van der Waals surface area contributed by atoms with Gasteiger partial charge in [0.1, 0.15) is 36.0 Å². The molecule has 2 fully saturated rings. The number of aromatic nitrogens is 1. The van der Waals surface area contributed by atoms with E-state index >= 15 is 0 Å². The number of benzene rings is 1. The number of fused-ring (bicyclic) bond motifs is 2. The number of rotatable bonds is 9. The van der Waals surface area contributed by atoms with Gasteiger partial charge in [0, 0.05) is 42.9 Å². The highest BCUT2D eigenvalue weighted by Crippen LogP contribution is 2.37. The summed E-state index contributed by atoms with van der Waals surface area (Å²) in [4.78, 5) is 60.1. The maximum Gasteiger partial charge on any atom is 0.332 e. The van der Waals surface area contributed by atoms with Crippen LogP contribution in [0.3, 0.4) is 0 Å². The predicted octanol–water partition coefficient (Wildman–Crippen LogP) is 2.71. The average molecular weight is 593 g/mol. The first-order chi connectivity index (χ1) is 20.8. The van der Waals surface area contributed by atoms with Gasteiger partial charge in [-0.2, -0.15) is 0 Å². The van der Waals surface area contributed by atoms with Crippen molar-refractivity contribution in [3.63, 3.8) is 0 Å². The fourth-order valence-corrected chi connectivity index (χ4v) is 5.73. The van der Waals surface area contributed by atoms with Crippen molar-refractivity contribution >= 4 is 34.8 Å². The molecule has 5 heterocycles. The molecule has 3 aliphatic rings. The summed E-state index contributed by atoms with van der Waals surface area (Å²) < 4.78 is 27.9. The SMILES string of the molecule is COc1ccc2c(c1)C(=O)N(C[C@@]1(c3cc4cnccc4o3)NC(=O)N(C(C)OCC(=O)OC3CCCOCC3)C1=O)C2. The minimum Gasteiger partial charge on any atom is -0.497 e. The molecule has 3 atom stereocenters. The summed E-state index contributed by atoms with van der Waals surface area (Å²) in [6.07, 6.45) is 3.80. The second kappa shape index (κ2) is 11.7. The minimum atomic E-state index is -1.77. The average Bonchev–Trinajstić information content (AvgIpc) is 3.56. The van der Waals surface area contributed by atoms with Gasteiger partial charge in [-0.15, -0.1) is 0 Å². The topological polar surface area (TPSA) is 150 Å². The van der Waals surface area contributed by atoms with Crippen LogP contribution in [0, 0.1) is 0 Å². The van der Waals surface area contributed by atoms with Crippen molar-refractivity contribution in [3.8, 4) is 5.75 Å². The lowest BCUT2D eigenvalue weighted by Gasteiger charge is -2.30. The van der Waals surface area contributed by atoms with Crippen LogP contribution in [0.5, 0.6) is 5.75 Å². The van der Waals surface area contributed by atoms with E-state index < -0.39 is 36.3 Å². The Balaban J connectivity index is 1.24. The number of hydrogen-bond donors (Lipinski definition) is 1. The molecule has 1 aromatic carbocycles. The second-order valence-corrected chi connectivity index (χ2v) is 10.8. The van der Waals surface area contributed by atoms with Crippen molar-refractivity contribution in [1.82, 2.24) is 20.1 Å². The third kappa shape index (κ3) is 5.41. The Morgan fingerprint density at radius 2 is 2.05 bits per heavy atom. The Labute approximate surface area is 247 Å². The molecular weight excluding hydrogens is 560 g/mol. The van der Waals surface area contributed by atoms with Gasteiger partial charge in [0.25, 0.3) is 11.8 Å². The largest absolute Gasteiger partial charge is 0.497 e. The zero-order valence-corrected chi connectivity index (χ0v) is 23.9. The molecule has 1 N–H and O–H groups in total. The molecule has 43 heavy (non-hydrogen) atoms. The van der Waals surface area contributed by atoms with Crippen LogP contribution in [0.2, 0.25) is 0 Å². The van der Waals surface area contributed by atoms with E-state index in [0.717, 1.165) is 16.9 Å². The van der Waals surface area contributed by atoms with E-state index in [0.29, 0.717) is 48.3 Å². The fraction of sp³-hybridized carbons (Fsp3) is 0.433. The third-order valence-corrected chi connectivity index (χ3v) is 7.99. The number of ether oxygens (including phenoxy) is 4. The van der Waals surface area contributed by atoms with Crippen LogP contribution >= 0.6 is 0 Å². The first-order valence-corrected chi connectivity index (χ1v) is 14.1.